The number of likely N-dealkylation sites (tertiary alicyclic amines) is 1. The monoisotopic (exact) mass is 436 g/mol. The fourth-order valence-electron chi connectivity index (χ4n) is 3.34. The number of nitrogens with zero attached hydrogens (tertiary/aromatic N) is 1. The quantitative estimate of drug-likeness (QED) is 0.765. The molecule has 0 spiro atoms. The lowest BCUT2D eigenvalue weighted by Gasteiger charge is -2.25. The lowest BCUT2D eigenvalue weighted by atomic mass is 9.93. The molecule has 5 nitrogen and oxygen atoms in total. The summed E-state index contributed by atoms with van der Waals surface area (Å²) in [5.41, 5.74) is 1.13. The summed E-state index contributed by atoms with van der Waals surface area (Å²) in [5.74, 6) is -0.693. The predicted molar refractivity (Wildman–Crippen MR) is 103 cm³/mol. The molecule has 3 rings (SSSR count). The zero-order chi connectivity index (χ0) is 18.8. The number of halogens is 2. The van der Waals surface area contributed by atoms with Crippen LogP contribution in [0.1, 0.15) is 28.4 Å². The molecule has 7 heteroatoms. The molecule has 2 aromatic rings. The Kier molecular flexibility index (Phi) is 5.53. The van der Waals surface area contributed by atoms with Crippen molar-refractivity contribution in [2.45, 2.75) is 12.5 Å². The molecule has 1 saturated heterocycles. The van der Waals surface area contributed by atoms with Crippen LogP contribution in [-0.4, -0.2) is 35.4 Å². The first-order valence-electron chi connectivity index (χ1n) is 8.15. The van der Waals surface area contributed by atoms with Crippen molar-refractivity contribution in [2.75, 3.05) is 13.6 Å². The zero-order valence-corrected chi connectivity index (χ0v) is 16.4. The van der Waals surface area contributed by atoms with Gasteiger partial charge in [0.1, 0.15) is 5.75 Å². The van der Waals surface area contributed by atoms with Crippen LogP contribution in [0.3, 0.4) is 0 Å². The molecule has 1 aliphatic heterocycles. The van der Waals surface area contributed by atoms with Crippen molar-refractivity contribution in [3.63, 3.8) is 0 Å². The Bertz CT molecular complexity index is 844. The van der Waals surface area contributed by atoms with Crippen LogP contribution in [0.2, 0.25) is 5.02 Å². The van der Waals surface area contributed by atoms with Gasteiger partial charge in [0.25, 0.3) is 5.91 Å². The summed E-state index contributed by atoms with van der Waals surface area (Å²) in [6.07, 6.45) is 0.363. The molecule has 2 aromatic carbocycles. The van der Waals surface area contributed by atoms with Crippen LogP contribution in [-0.2, 0) is 4.79 Å². The van der Waals surface area contributed by atoms with E-state index in [4.69, 9.17) is 11.6 Å². The van der Waals surface area contributed by atoms with Gasteiger partial charge in [-0.25, -0.2) is 0 Å². The van der Waals surface area contributed by atoms with Crippen LogP contribution in [0.15, 0.2) is 46.9 Å². The molecule has 0 aliphatic carbocycles. The molecule has 2 amide bonds. The zero-order valence-electron chi connectivity index (χ0n) is 14.1. The summed E-state index contributed by atoms with van der Waals surface area (Å²) in [5, 5.41) is 12.9. The molecule has 2 atom stereocenters. The molecule has 1 heterocycles. The lowest BCUT2D eigenvalue weighted by Crippen LogP contribution is -2.32. The topological polar surface area (TPSA) is 69.6 Å². The summed E-state index contributed by atoms with van der Waals surface area (Å²) in [6, 6.07) is 12.7. The lowest BCUT2D eigenvalue weighted by molar-refractivity contribution is -0.127. The Balaban J connectivity index is 1.76. The van der Waals surface area contributed by atoms with E-state index >= 15 is 0 Å². The number of phenolic OH excluding ortho intramolecular Hbond substituents is 1. The average Bonchev–Trinajstić information content (AvgIpc) is 2.91. The van der Waals surface area contributed by atoms with E-state index in [1.165, 1.54) is 12.1 Å². The molecule has 0 unspecified atom stereocenters. The van der Waals surface area contributed by atoms with Crippen molar-refractivity contribution >= 4 is 39.3 Å². The van der Waals surface area contributed by atoms with Crippen molar-refractivity contribution in [1.29, 1.82) is 0 Å². The van der Waals surface area contributed by atoms with E-state index in [0.717, 1.165) is 5.56 Å². The predicted octanol–water partition coefficient (Wildman–Crippen LogP) is 3.76. The second-order valence-corrected chi connectivity index (χ2v) is 7.64. The minimum Gasteiger partial charge on any atom is -0.506 e. The second kappa shape index (κ2) is 7.68. The molecule has 0 aromatic heterocycles. The van der Waals surface area contributed by atoms with Crippen LogP contribution in [0.4, 0.5) is 0 Å². The number of rotatable bonds is 4. The van der Waals surface area contributed by atoms with Crippen LogP contribution in [0.5, 0.6) is 5.75 Å². The number of carbonyl (C=O) groups excluding carboxylic acids is 2. The molecule has 0 saturated carbocycles. The first-order valence-corrected chi connectivity index (χ1v) is 9.32. The highest BCUT2D eigenvalue weighted by Crippen LogP contribution is 2.37. The van der Waals surface area contributed by atoms with E-state index in [2.05, 4.69) is 21.2 Å². The minimum atomic E-state index is -0.431. The van der Waals surface area contributed by atoms with E-state index in [9.17, 15) is 14.7 Å². The van der Waals surface area contributed by atoms with Crippen molar-refractivity contribution < 1.29 is 14.7 Å². The Morgan fingerprint density at radius 1 is 1.35 bits per heavy atom. The standard InChI is InChI=1S/C19H18BrClN2O3/c1-23-16(24)7-12(17(23)11-5-3-2-4-6-11)10-22-19(26)14-8-13(20)9-15(21)18(14)25/h2-6,8-9,12,17,25H,7,10H2,1H3,(H,22,26)/t12-,17+/m1/s1. The molecule has 0 radical (unpaired) electrons. The van der Waals surface area contributed by atoms with E-state index < -0.39 is 5.91 Å². The first kappa shape index (κ1) is 18.7. The van der Waals surface area contributed by atoms with Gasteiger partial charge < -0.3 is 15.3 Å². The summed E-state index contributed by atoms with van der Waals surface area (Å²) in [6.45, 7) is 0.318. The van der Waals surface area contributed by atoms with Gasteiger partial charge in [0.15, 0.2) is 0 Å². The number of aromatic hydroxyl groups is 1. The van der Waals surface area contributed by atoms with Crippen molar-refractivity contribution in [2.24, 2.45) is 5.92 Å². The number of hydrogen-bond donors (Lipinski definition) is 2. The van der Waals surface area contributed by atoms with E-state index in [1.807, 2.05) is 30.3 Å². The molecule has 136 valence electrons. The van der Waals surface area contributed by atoms with Gasteiger partial charge >= 0.3 is 0 Å². The van der Waals surface area contributed by atoms with Crippen LogP contribution >= 0.6 is 27.5 Å². The van der Waals surface area contributed by atoms with Gasteiger partial charge in [0.05, 0.1) is 16.6 Å². The highest BCUT2D eigenvalue weighted by molar-refractivity contribution is 9.10. The molecular formula is C19H18BrClN2O3. The summed E-state index contributed by atoms with van der Waals surface area (Å²) in [4.78, 5) is 26.4. The number of amides is 2. The highest BCUT2D eigenvalue weighted by atomic mass is 79.9. The molecule has 0 bridgehead atoms. The third-order valence-corrected chi connectivity index (χ3v) is 5.38. The summed E-state index contributed by atoms with van der Waals surface area (Å²) < 4.78 is 0.600. The van der Waals surface area contributed by atoms with Crippen molar-refractivity contribution in [1.82, 2.24) is 10.2 Å². The van der Waals surface area contributed by atoms with Crippen LogP contribution in [0.25, 0.3) is 0 Å². The molecule has 1 fully saturated rings. The highest BCUT2D eigenvalue weighted by Gasteiger charge is 2.38. The number of nitrogens with one attached hydrogen (secondary N) is 1. The number of carbonyl (C=O) groups is 2. The van der Waals surface area contributed by atoms with E-state index in [-0.39, 0.29) is 34.2 Å². The number of phenols is 1. The first-order chi connectivity index (χ1) is 12.4. The summed E-state index contributed by atoms with van der Waals surface area (Å²) in [7, 11) is 1.78. The van der Waals surface area contributed by atoms with Gasteiger partial charge in [-0.1, -0.05) is 57.9 Å². The van der Waals surface area contributed by atoms with Gasteiger partial charge in [-0.3, -0.25) is 9.59 Å². The third-order valence-electron chi connectivity index (χ3n) is 4.63. The second-order valence-electron chi connectivity index (χ2n) is 6.32. The maximum atomic E-state index is 12.5. The normalized spacial score (nSPS) is 19.7. The summed E-state index contributed by atoms with van der Waals surface area (Å²) >= 11 is 9.18. The maximum absolute atomic E-state index is 12.5. The Morgan fingerprint density at radius 3 is 2.73 bits per heavy atom. The largest absolute Gasteiger partial charge is 0.506 e. The van der Waals surface area contributed by atoms with Crippen molar-refractivity contribution in [3.8, 4) is 5.75 Å². The number of benzene rings is 2. The SMILES string of the molecule is CN1C(=O)C[C@H](CNC(=O)c2cc(Br)cc(Cl)c2O)[C@@H]1c1ccccc1. The van der Waals surface area contributed by atoms with Gasteiger partial charge in [-0.15, -0.1) is 0 Å². The van der Waals surface area contributed by atoms with Gasteiger partial charge in [0.2, 0.25) is 5.91 Å². The minimum absolute atomic E-state index is 0.0476. The Morgan fingerprint density at radius 2 is 2.04 bits per heavy atom. The number of hydrogen-bond acceptors (Lipinski definition) is 3. The maximum Gasteiger partial charge on any atom is 0.255 e. The smallest absolute Gasteiger partial charge is 0.255 e. The Labute approximate surface area is 165 Å². The Hall–Kier alpha value is -2.05. The fraction of sp³-hybridized carbons (Fsp3) is 0.263. The average molecular weight is 438 g/mol. The van der Waals surface area contributed by atoms with E-state index in [1.54, 1.807) is 11.9 Å². The van der Waals surface area contributed by atoms with Crippen LogP contribution < -0.4 is 5.32 Å². The molecule has 26 heavy (non-hydrogen) atoms. The van der Waals surface area contributed by atoms with Crippen molar-refractivity contribution in [3.05, 3.63) is 63.1 Å². The molecular weight excluding hydrogens is 420 g/mol. The van der Waals surface area contributed by atoms with Gasteiger partial charge in [0, 0.05) is 30.4 Å². The van der Waals surface area contributed by atoms with Gasteiger partial charge in [-0.05, 0) is 17.7 Å². The molecule has 1 aliphatic rings. The van der Waals surface area contributed by atoms with Crippen LogP contribution in [0, 0.1) is 5.92 Å². The molecule has 2 N–H and O–H groups in total. The fourth-order valence-corrected chi connectivity index (χ4v) is 4.15. The third kappa shape index (κ3) is 3.71. The van der Waals surface area contributed by atoms with E-state index in [0.29, 0.717) is 17.4 Å². The van der Waals surface area contributed by atoms with Gasteiger partial charge in [-0.2, -0.15) is 0 Å².